The first kappa shape index (κ1) is 20.4. The zero-order valence-corrected chi connectivity index (χ0v) is 16.9. The molecule has 0 unspecified atom stereocenters. The van der Waals surface area contributed by atoms with Gasteiger partial charge in [0.05, 0.1) is 0 Å². The Morgan fingerprint density at radius 3 is 1.67 bits per heavy atom. The van der Waals surface area contributed by atoms with Crippen LogP contribution < -0.4 is 0 Å². The molecule has 4 rings (SSSR count). The Hall–Kier alpha value is -2.89. The van der Waals surface area contributed by atoms with Gasteiger partial charge >= 0.3 is 7.32 Å². The lowest BCUT2D eigenvalue weighted by Crippen LogP contribution is -2.39. The van der Waals surface area contributed by atoms with Crippen molar-refractivity contribution in [1.29, 1.82) is 0 Å². The lowest BCUT2D eigenvalue weighted by molar-refractivity contribution is 0.0819. The standard InChI is InChI=1S/C25H20BClO3/c27-22-16-17-24(23(18-22)19-10-4-1-5-11-19)25(30-26(28)29,20-12-6-2-7-13-20)21-14-8-3-9-15-21/h1-18,28-29H. The molecule has 0 aliphatic heterocycles. The molecule has 0 bridgehead atoms. The predicted molar refractivity (Wildman–Crippen MR) is 121 cm³/mol. The number of halogens is 1. The lowest BCUT2D eigenvalue weighted by Gasteiger charge is -2.37. The summed E-state index contributed by atoms with van der Waals surface area (Å²) in [6.07, 6.45) is 0. The quantitative estimate of drug-likeness (QED) is 0.333. The Bertz CT molecular complexity index is 1060. The molecule has 0 saturated heterocycles. The molecule has 0 aliphatic carbocycles. The predicted octanol–water partition coefficient (Wildman–Crippen LogP) is 5.29. The highest BCUT2D eigenvalue weighted by Gasteiger charge is 2.42. The van der Waals surface area contributed by atoms with E-state index in [1.807, 2.05) is 103 Å². The first-order valence-electron chi connectivity index (χ1n) is 9.62. The molecule has 0 atom stereocenters. The molecule has 2 N–H and O–H groups in total. The number of benzene rings is 4. The second-order valence-electron chi connectivity index (χ2n) is 6.91. The van der Waals surface area contributed by atoms with Gasteiger partial charge in [-0.1, -0.05) is 109 Å². The fourth-order valence-electron chi connectivity index (χ4n) is 3.86. The Kier molecular flexibility index (Phi) is 6.02. The van der Waals surface area contributed by atoms with E-state index in [1.54, 1.807) is 6.07 Å². The van der Waals surface area contributed by atoms with Crippen LogP contribution in [0.4, 0.5) is 0 Å². The van der Waals surface area contributed by atoms with Crippen LogP contribution >= 0.6 is 11.6 Å². The molecular formula is C25H20BClO3. The van der Waals surface area contributed by atoms with Crippen molar-refractivity contribution >= 4 is 18.9 Å². The summed E-state index contributed by atoms with van der Waals surface area (Å²) in [5.74, 6) is 0. The largest absolute Gasteiger partial charge is 0.635 e. The van der Waals surface area contributed by atoms with Gasteiger partial charge in [0.25, 0.3) is 0 Å². The maximum Gasteiger partial charge on any atom is 0.635 e. The average Bonchev–Trinajstić information content (AvgIpc) is 2.79. The van der Waals surface area contributed by atoms with E-state index in [0.29, 0.717) is 5.02 Å². The first-order chi connectivity index (χ1) is 14.6. The molecule has 0 saturated carbocycles. The van der Waals surface area contributed by atoms with E-state index in [0.717, 1.165) is 27.8 Å². The molecule has 0 amide bonds. The van der Waals surface area contributed by atoms with E-state index in [4.69, 9.17) is 16.3 Å². The van der Waals surface area contributed by atoms with Crippen LogP contribution in [0.1, 0.15) is 16.7 Å². The van der Waals surface area contributed by atoms with Gasteiger partial charge in [-0.25, -0.2) is 0 Å². The van der Waals surface area contributed by atoms with Crippen molar-refractivity contribution in [2.24, 2.45) is 0 Å². The van der Waals surface area contributed by atoms with Gasteiger partial charge in [0.2, 0.25) is 0 Å². The van der Waals surface area contributed by atoms with Crippen LogP contribution in [0.15, 0.2) is 109 Å². The summed E-state index contributed by atoms with van der Waals surface area (Å²) >= 11 is 6.37. The minimum Gasteiger partial charge on any atom is -0.402 e. The third-order valence-corrected chi connectivity index (χ3v) is 5.32. The van der Waals surface area contributed by atoms with Crippen LogP contribution in [-0.2, 0) is 10.3 Å². The van der Waals surface area contributed by atoms with E-state index in [1.165, 1.54) is 0 Å². The van der Waals surface area contributed by atoms with Gasteiger partial charge in [-0.3, -0.25) is 0 Å². The molecule has 0 aromatic heterocycles. The molecule has 148 valence electrons. The summed E-state index contributed by atoms with van der Waals surface area (Å²) < 4.78 is 5.97. The van der Waals surface area contributed by atoms with Gasteiger partial charge in [0.15, 0.2) is 0 Å². The van der Waals surface area contributed by atoms with Crippen LogP contribution in [0.2, 0.25) is 5.02 Å². The van der Waals surface area contributed by atoms with Crippen LogP contribution in [0.3, 0.4) is 0 Å². The molecule has 0 spiro atoms. The van der Waals surface area contributed by atoms with Gasteiger partial charge in [-0.05, 0) is 39.9 Å². The Balaban J connectivity index is 2.10. The smallest absolute Gasteiger partial charge is 0.402 e. The average molecular weight is 415 g/mol. The highest BCUT2D eigenvalue weighted by molar-refractivity contribution is 6.33. The number of hydrogen-bond acceptors (Lipinski definition) is 3. The van der Waals surface area contributed by atoms with Crippen LogP contribution in [-0.4, -0.2) is 17.4 Å². The SMILES string of the molecule is OB(O)OC(c1ccccc1)(c1ccccc1)c1ccc(Cl)cc1-c1ccccc1. The lowest BCUT2D eigenvalue weighted by atomic mass is 9.76. The third kappa shape index (κ3) is 3.91. The maximum absolute atomic E-state index is 10.00. The summed E-state index contributed by atoms with van der Waals surface area (Å²) in [5.41, 5.74) is 2.81. The summed E-state index contributed by atoms with van der Waals surface area (Å²) in [4.78, 5) is 0. The van der Waals surface area contributed by atoms with Crippen molar-refractivity contribution < 1.29 is 14.7 Å². The van der Waals surface area contributed by atoms with Crippen molar-refractivity contribution in [3.05, 3.63) is 131 Å². The van der Waals surface area contributed by atoms with Crippen LogP contribution in [0.25, 0.3) is 11.1 Å². The molecule has 4 aromatic carbocycles. The fraction of sp³-hybridized carbons (Fsp3) is 0.0400. The Morgan fingerprint density at radius 2 is 1.17 bits per heavy atom. The zero-order chi connectivity index (χ0) is 21.0. The monoisotopic (exact) mass is 414 g/mol. The van der Waals surface area contributed by atoms with Crippen molar-refractivity contribution in [3.8, 4) is 11.1 Å². The van der Waals surface area contributed by atoms with E-state index in [-0.39, 0.29) is 0 Å². The van der Waals surface area contributed by atoms with Crippen LogP contribution in [0, 0.1) is 0 Å². The molecule has 3 nitrogen and oxygen atoms in total. The molecule has 30 heavy (non-hydrogen) atoms. The molecule has 5 heteroatoms. The molecule has 0 heterocycles. The maximum atomic E-state index is 10.00. The van der Waals surface area contributed by atoms with Gasteiger partial charge in [0.1, 0.15) is 5.60 Å². The minimum absolute atomic E-state index is 0.581. The normalized spacial score (nSPS) is 11.3. The van der Waals surface area contributed by atoms with Crippen molar-refractivity contribution in [2.45, 2.75) is 5.60 Å². The van der Waals surface area contributed by atoms with Gasteiger partial charge in [0, 0.05) is 5.02 Å². The van der Waals surface area contributed by atoms with Crippen molar-refractivity contribution in [2.75, 3.05) is 0 Å². The highest BCUT2D eigenvalue weighted by atomic mass is 35.5. The first-order valence-corrected chi connectivity index (χ1v) is 9.99. The highest BCUT2D eigenvalue weighted by Crippen LogP contribution is 2.45. The van der Waals surface area contributed by atoms with Gasteiger partial charge < -0.3 is 14.7 Å². The van der Waals surface area contributed by atoms with E-state index >= 15 is 0 Å². The Morgan fingerprint density at radius 1 is 0.667 bits per heavy atom. The minimum atomic E-state index is -2.00. The van der Waals surface area contributed by atoms with E-state index in [9.17, 15) is 10.0 Å². The summed E-state index contributed by atoms with van der Waals surface area (Å²) in [5, 5.41) is 20.6. The van der Waals surface area contributed by atoms with E-state index < -0.39 is 12.9 Å². The molecule has 0 aliphatic rings. The van der Waals surface area contributed by atoms with Crippen molar-refractivity contribution in [3.63, 3.8) is 0 Å². The van der Waals surface area contributed by atoms with Gasteiger partial charge in [-0.15, -0.1) is 0 Å². The topological polar surface area (TPSA) is 49.7 Å². The zero-order valence-electron chi connectivity index (χ0n) is 16.2. The van der Waals surface area contributed by atoms with Crippen LogP contribution in [0.5, 0.6) is 0 Å². The summed E-state index contributed by atoms with van der Waals surface area (Å²) in [6.45, 7) is 0. The summed E-state index contributed by atoms with van der Waals surface area (Å²) in [6, 6.07) is 34.5. The second-order valence-corrected chi connectivity index (χ2v) is 7.35. The van der Waals surface area contributed by atoms with E-state index in [2.05, 4.69) is 0 Å². The van der Waals surface area contributed by atoms with Gasteiger partial charge in [-0.2, -0.15) is 0 Å². The fourth-order valence-corrected chi connectivity index (χ4v) is 4.03. The molecule has 0 fully saturated rings. The van der Waals surface area contributed by atoms with Crippen molar-refractivity contribution in [1.82, 2.24) is 0 Å². The molecule has 0 radical (unpaired) electrons. The molecule has 4 aromatic rings. The third-order valence-electron chi connectivity index (χ3n) is 5.09. The second kappa shape index (κ2) is 8.86. The summed E-state index contributed by atoms with van der Waals surface area (Å²) in [7, 11) is -2.00. The number of hydrogen-bond donors (Lipinski definition) is 2. The molecular weight excluding hydrogens is 395 g/mol. The number of rotatable bonds is 6. The Labute approximate surface area is 181 Å².